The Bertz CT molecular complexity index is 564. The molecular formula is C13H14BrF2N3. The Balaban J connectivity index is 2.48. The Hall–Kier alpha value is -1.27. The van der Waals surface area contributed by atoms with E-state index in [1.54, 1.807) is 16.9 Å². The lowest BCUT2D eigenvalue weighted by Crippen LogP contribution is -2.24. The standard InChI is InChI=1S/C13H14BrF2N3/c1-3-17-12(13-9(14)7-18-19(13)2)8-4-5-10(15)11(16)6-8/h4-7,12,17H,3H2,1-2H3. The molecule has 1 aromatic carbocycles. The number of nitrogens with zero attached hydrogens (tertiary/aromatic N) is 2. The third kappa shape index (κ3) is 2.84. The zero-order chi connectivity index (χ0) is 14.0. The average molecular weight is 330 g/mol. The molecule has 19 heavy (non-hydrogen) atoms. The summed E-state index contributed by atoms with van der Waals surface area (Å²) in [6.07, 6.45) is 1.68. The fraction of sp³-hybridized carbons (Fsp3) is 0.308. The minimum absolute atomic E-state index is 0.248. The molecule has 2 rings (SSSR count). The lowest BCUT2D eigenvalue weighted by Gasteiger charge is -2.19. The topological polar surface area (TPSA) is 29.9 Å². The van der Waals surface area contributed by atoms with Crippen LogP contribution in [0.4, 0.5) is 8.78 Å². The number of rotatable bonds is 4. The highest BCUT2D eigenvalue weighted by atomic mass is 79.9. The molecule has 1 heterocycles. The van der Waals surface area contributed by atoms with Gasteiger partial charge in [0, 0.05) is 7.05 Å². The molecule has 2 aromatic rings. The smallest absolute Gasteiger partial charge is 0.159 e. The van der Waals surface area contributed by atoms with Crippen molar-refractivity contribution >= 4 is 15.9 Å². The quantitative estimate of drug-likeness (QED) is 0.933. The Morgan fingerprint density at radius 1 is 1.37 bits per heavy atom. The van der Waals surface area contributed by atoms with Gasteiger partial charge in [0.1, 0.15) is 0 Å². The van der Waals surface area contributed by atoms with Crippen LogP contribution in [0.5, 0.6) is 0 Å². The van der Waals surface area contributed by atoms with Gasteiger partial charge in [0.25, 0.3) is 0 Å². The largest absolute Gasteiger partial charge is 0.305 e. The SMILES string of the molecule is CCNC(c1ccc(F)c(F)c1)c1c(Br)cnn1C. The van der Waals surface area contributed by atoms with Crippen LogP contribution in [0.3, 0.4) is 0 Å². The van der Waals surface area contributed by atoms with Gasteiger partial charge in [-0.2, -0.15) is 5.10 Å². The monoisotopic (exact) mass is 329 g/mol. The van der Waals surface area contributed by atoms with E-state index in [4.69, 9.17) is 0 Å². The number of hydrogen-bond acceptors (Lipinski definition) is 2. The summed E-state index contributed by atoms with van der Waals surface area (Å²) in [4.78, 5) is 0. The minimum atomic E-state index is -0.848. The number of aromatic nitrogens is 2. The van der Waals surface area contributed by atoms with Crippen molar-refractivity contribution in [3.05, 3.63) is 51.8 Å². The van der Waals surface area contributed by atoms with Gasteiger partial charge in [-0.05, 0) is 40.2 Å². The van der Waals surface area contributed by atoms with Crippen molar-refractivity contribution in [3.8, 4) is 0 Å². The maximum atomic E-state index is 13.4. The Kier molecular flexibility index (Phi) is 4.31. The predicted octanol–water partition coefficient (Wildman–Crippen LogP) is 3.16. The molecular weight excluding hydrogens is 316 g/mol. The van der Waals surface area contributed by atoms with E-state index in [0.717, 1.165) is 16.2 Å². The van der Waals surface area contributed by atoms with Crippen molar-refractivity contribution in [2.45, 2.75) is 13.0 Å². The van der Waals surface area contributed by atoms with Crippen LogP contribution in [0.15, 0.2) is 28.9 Å². The van der Waals surface area contributed by atoms with Gasteiger partial charge in [-0.15, -0.1) is 0 Å². The summed E-state index contributed by atoms with van der Waals surface area (Å²) in [5, 5.41) is 7.40. The summed E-state index contributed by atoms with van der Waals surface area (Å²) < 4.78 is 28.9. The van der Waals surface area contributed by atoms with Gasteiger partial charge >= 0.3 is 0 Å². The van der Waals surface area contributed by atoms with E-state index in [-0.39, 0.29) is 6.04 Å². The van der Waals surface area contributed by atoms with Gasteiger partial charge < -0.3 is 5.32 Å². The second-order valence-electron chi connectivity index (χ2n) is 4.17. The van der Waals surface area contributed by atoms with Gasteiger partial charge in [-0.3, -0.25) is 4.68 Å². The van der Waals surface area contributed by atoms with E-state index >= 15 is 0 Å². The van der Waals surface area contributed by atoms with Gasteiger partial charge in [0.2, 0.25) is 0 Å². The third-order valence-corrected chi connectivity index (χ3v) is 3.51. The fourth-order valence-corrected chi connectivity index (χ4v) is 2.59. The van der Waals surface area contributed by atoms with E-state index < -0.39 is 11.6 Å². The zero-order valence-corrected chi connectivity index (χ0v) is 12.2. The molecule has 102 valence electrons. The van der Waals surface area contributed by atoms with Gasteiger partial charge in [-0.1, -0.05) is 13.0 Å². The molecule has 0 spiro atoms. The normalized spacial score (nSPS) is 12.7. The molecule has 0 aliphatic carbocycles. The van der Waals surface area contributed by atoms with Crippen LogP contribution in [-0.2, 0) is 7.05 Å². The lowest BCUT2D eigenvalue weighted by atomic mass is 10.0. The molecule has 3 nitrogen and oxygen atoms in total. The van der Waals surface area contributed by atoms with E-state index in [1.807, 2.05) is 14.0 Å². The summed E-state index contributed by atoms with van der Waals surface area (Å²) >= 11 is 3.43. The summed E-state index contributed by atoms with van der Waals surface area (Å²) in [5.74, 6) is -1.69. The van der Waals surface area contributed by atoms with E-state index in [0.29, 0.717) is 12.1 Å². The van der Waals surface area contributed by atoms with E-state index in [2.05, 4.69) is 26.3 Å². The summed E-state index contributed by atoms with van der Waals surface area (Å²) in [6, 6.07) is 3.68. The van der Waals surface area contributed by atoms with Crippen LogP contribution in [-0.4, -0.2) is 16.3 Å². The average Bonchev–Trinajstić information content (AvgIpc) is 2.70. The van der Waals surface area contributed by atoms with Crippen molar-refractivity contribution in [1.82, 2.24) is 15.1 Å². The molecule has 0 aliphatic rings. The second kappa shape index (κ2) is 5.79. The molecule has 0 aliphatic heterocycles. The Morgan fingerprint density at radius 2 is 2.11 bits per heavy atom. The maximum absolute atomic E-state index is 13.4. The van der Waals surface area contributed by atoms with Crippen LogP contribution in [0, 0.1) is 11.6 Å². The van der Waals surface area contributed by atoms with Crippen molar-refractivity contribution in [2.75, 3.05) is 6.54 Å². The zero-order valence-electron chi connectivity index (χ0n) is 10.6. The maximum Gasteiger partial charge on any atom is 0.159 e. The van der Waals surface area contributed by atoms with Gasteiger partial charge in [0.15, 0.2) is 11.6 Å². The summed E-state index contributed by atoms with van der Waals surface area (Å²) in [5.41, 5.74) is 1.53. The number of benzene rings is 1. The lowest BCUT2D eigenvalue weighted by molar-refractivity contribution is 0.501. The van der Waals surface area contributed by atoms with Crippen molar-refractivity contribution in [3.63, 3.8) is 0 Å². The molecule has 0 radical (unpaired) electrons. The Morgan fingerprint density at radius 3 is 2.63 bits per heavy atom. The third-order valence-electron chi connectivity index (χ3n) is 2.90. The summed E-state index contributed by atoms with van der Waals surface area (Å²) in [6.45, 7) is 2.65. The molecule has 6 heteroatoms. The summed E-state index contributed by atoms with van der Waals surface area (Å²) in [7, 11) is 1.81. The number of hydrogen-bond donors (Lipinski definition) is 1. The van der Waals surface area contributed by atoms with Crippen LogP contribution < -0.4 is 5.32 Å². The molecule has 1 atom stereocenters. The molecule has 1 N–H and O–H groups in total. The van der Waals surface area contributed by atoms with Crippen LogP contribution >= 0.6 is 15.9 Å². The first-order valence-electron chi connectivity index (χ1n) is 5.90. The molecule has 0 bridgehead atoms. The molecule has 0 fully saturated rings. The molecule has 0 saturated carbocycles. The minimum Gasteiger partial charge on any atom is -0.305 e. The first-order chi connectivity index (χ1) is 9.04. The first-order valence-corrected chi connectivity index (χ1v) is 6.69. The van der Waals surface area contributed by atoms with Crippen LogP contribution in [0.2, 0.25) is 0 Å². The van der Waals surface area contributed by atoms with Crippen LogP contribution in [0.25, 0.3) is 0 Å². The van der Waals surface area contributed by atoms with Crippen molar-refractivity contribution in [1.29, 1.82) is 0 Å². The second-order valence-corrected chi connectivity index (χ2v) is 5.02. The predicted molar refractivity (Wildman–Crippen MR) is 72.8 cm³/mol. The van der Waals surface area contributed by atoms with Crippen molar-refractivity contribution in [2.24, 2.45) is 7.05 Å². The van der Waals surface area contributed by atoms with Gasteiger partial charge in [0.05, 0.1) is 22.4 Å². The molecule has 0 amide bonds. The molecule has 1 aromatic heterocycles. The van der Waals surface area contributed by atoms with Crippen molar-refractivity contribution < 1.29 is 8.78 Å². The van der Waals surface area contributed by atoms with E-state index in [1.165, 1.54) is 6.07 Å². The first kappa shape index (κ1) is 14.1. The Labute approximate surface area is 118 Å². The number of nitrogens with one attached hydrogen (secondary N) is 1. The highest BCUT2D eigenvalue weighted by Gasteiger charge is 2.21. The number of aryl methyl sites for hydroxylation is 1. The fourth-order valence-electron chi connectivity index (χ4n) is 2.01. The highest BCUT2D eigenvalue weighted by Crippen LogP contribution is 2.28. The highest BCUT2D eigenvalue weighted by molar-refractivity contribution is 9.10. The molecule has 1 unspecified atom stereocenters. The van der Waals surface area contributed by atoms with E-state index in [9.17, 15) is 8.78 Å². The van der Waals surface area contributed by atoms with Gasteiger partial charge in [-0.25, -0.2) is 8.78 Å². The number of halogens is 3. The van der Waals surface area contributed by atoms with Crippen LogP contribution in [0.1, 0.15) is 24.2 Å². The molecule has 0 saturated heterocycles.